The van der Waals surface area contributed by atoms with Crippen LogP contribution in [-0.2, 0) is 25.5 Å². The van der Waals surface area contributed by atoms with E-state index in [4.69, 9.17) is 4.74 Å². The zero-order valence-corrected chi connectivity index (χ0v) is 16.6. The second-order valence-corrected chi connectivity index (χ2v) is 7.52. The highest BCUT2D eigenvalue weighted by atomic mass is 16.5. The normalized spacial score (nSPS) is 18.4. The number of benzene rings is 2. The minimum atomic E-state index is -1.02. The lowest BCUT2D eigenvalue weighted by Crippen LogP contribution is -2.41. The van der Waals surface area contributed by atoms with Crippen LogP contribution in [0.1, 0.15) is 47.3 Å². The molecular formula is C23H22N2O5. The number of Topliss-reactive ketones (excluding diaryl/α,β-unsaturated/α-hetero) is 1. The van der Waals surface area contributed by atoms with Crippen LogP contribution < -0.4 is 10.2 Å². The molecule has 1 aliphatic heterocycles. The van der Waals surface area contributed by atoms with E-state index in [1.54, 1.807) is 24.3 Å². The molecule has 0 bridgehead atoms. The molecule has 0 aromatic heterocycles. The maximum absolute atomic E-state index is 12.6. The van der Waals surface area contributed by atoms with Crippen LogP contribution in [0.4, 0.5) is 5.69 Å². The number of anilines is 1. The van der Waals surface area contributed by atoms with Gasteiger partial charge in [0.2, 0.25) is 0 Å². The van der Waals surface area contributed by atoms with E-state index in [0.29, 0.717) is 5.69 Å². The first-order chi connectivity index (χ1) is 14.5. The van der Waals surface area contributed by atoms with Crippen LogP contribution in [0.15, 0.2) is 48.5 Å². The van der Waals surface area contributed by atoms with Crippen LogP contribution in [0, 0.1) is 0 Å². The van der Waals surface area contributed by atoms with Crippen molar-refractivity contribution in [3.63, 3.8) is 0 Å². The fourth-order valence-corrected chi connectivity index (χ4v) is 4.02. The average Bonchev–Trinajstić information content (AvgIpc) is 2.99. The number of rotatable bonds is 5. The van der Waals surface area contributed by atoms with E-state index < -0.39 is 36.2 Å². The van der Waals surface area contributed by atoms with Gasteiger partial charge < -0.3 is 10.1 Å². The highest BCUT2D eigenvalue weighted by molar-refractivity contribution is 6.52. The topological polar surface area (TPSA) is 92.8 Å². The Labute approximate surface area is 174 Å². The number of hydrogen-bond donors (Lipinski definition) is 1. The predicted octanol–water partition coefficient (Wildman–Crippen LogP) is 2.34. The van der Waals surface area contributed by atoms with Gasteiger partial charge in [-0.2, -0.15) is 0 Å². The molecule has 30 heavy (non-hydrogen) atoms. The van der Waals surface area contributed by atoms with Gasteiger partial charge >= 0.3 is 5.97 Å². The minimum absolute atomic E-state index is 0.117. The highest BCUT2D eigenvalue weighted by Crippen LogP contribution is 2.30. The summed E-state index contributed by atoms with van der Waals surface area (Å²) < 4.78 is 5.25. The Kier molecular flexibility index (Phi) is 5.35. The van der Waals surface area contributed by atoms with Crippen molar-refractivity contribution in [3.05, 3.63) is 65.2 Å². The first-order valence-corrected chi connectivity index (χ1v) is 9.98. The quantitative estimate of drug-likeness (QED) is 0.608. The molecule has 2 aromatic carbocycles. The molecule has 0 fully saturated rings. The van der Waals surface area contributed by atoms with Gasteiger partial charge in [-0.3, -0.25) is 24.1 Å². The smallest absolute Gasteiger partial charge is 0.326 e. The van der Waals surface area contributed by atoms with Gasteiger partial charge in [0.15, 0.2) is 6.10 Å². The van der Waals surface area contributed by atoms with Crippen LogP contribution in [0.2, 0.25) is 0 Å². The standard InChI is InChI=1S/C23H22N2O5/c1-14(22(28)24-18-11-6-8-15-7-2-3-9-16(15)18)30-20(26)13-25-19-12-5-4-10-17(19)21(27)23(25)29/h2-5,7,9-10,12,14,18H,6,8,11,13H2,1H3,(H,24,28)/t14-,18-/m1/s1. The van der Waals surface area contributed by atoms with Crippen molar-refractivity contribution in [3.8, 4) is 0 Å². The van der Waals surface area contributed by atoms with Gasteiger partial charge in [0.05, 0.1) is 17.3 Å². The molecule has 4 rings (SSSR count). The largest absolute Gasteiger partial charge is 0.451 e. The van der Waals surface area contributed by atoms with E-state index in [2.05, 4.69) is 11.4 Å². The van der Waals surface area contributed by atoms with Crippen molar-refractivity contribution in [2.24, 2.45) is 0 Å². The fourth-order valence-electron chi connectivity index (χ4n) is 4.02. The SMILES string of the molecule is C[C@@H](OC(=O)CN1C(=O)C(=O)c2ccccc21)C(=O)N[C@@H]1CCCc2ccccc21. The Morgan fingerprint density at radius 3 is 2.70 bits per heavy atom. The van der Waals surface area contributed by atoms with E-state index in [0.717, 1.165) is 29.7 Å². The molecule has 1 aliphatic carbocycles. The van der Waals surface area contributed by atoms with Crippen molar-refractivity contribution in [1.29, 1.82) is 0 Å². The number of carbonyl (C=O) groups is 4. The van der Waals surface area contributed by atoms with Crippen LogP contribution in [0.3, 0.4) is 0 Å². The average molecular weight is 406 g/mol. The zero-order chi connectivity index (χ0) is 21.3. The molecule has 2 amide bonds. The third-order valence-corrected chi connectivity index (χ3v) is 5.53. The van der Waals surface area contributed by atoms with Gasteiger partial charge in [0.1, 0.15) is 6.54 Å². The summed E-state index contributed by atoms with van der Waals surface area (Å²) in [6.07, 6.45) is 1.76. The van der Waals surface area contributed by atoms with Crippen molar-refractivity contribution < 1.29 is 23.9 Å². The maximum Gasteiger partial charge on any atom is 0.326 e. The van der Waals surface area contributed by atoms with E-state index in [1.807, 2.05) is 18.2 Å². The van der Waals surface area contributed by atoms with Crippen LogP contribution >= 0.6 is 0 Å². The molecule has 2 aromatic rings. The number of ketones is 1. The summed E-state index contributed by atoms with van der Waals surface area (Å²) >= 11 is 0. The van der Waals surface area contributed by atoms with Gasteiger partial charge in [0.25, 0.3) is 17.6 Å². The lowest BCUT2D eigenvalue weighted by molar-refractivity contribution is -0.154. The van der Waals surface area contributed by atoms with Crippen LogP contribution in [0.25, 0.3) is 0 Å². The molecule has 0 saturated heterocycles. The lowest BCUT2D eigenvalue weighted by Gasteiger charge is -2.27. The molecule has 2 atom stereocenters. The third-order valence-electron chi connectivity index (χ3n) is 5.53. The Hall–Kier alpha value is -3.48. The van der Waals surface area contributed by atoms with E-state index in [1.165, 1.54) is 12.5 Å². The number of ether oxygens (including phenoxy) is 1. The van der Waals surface area contributed by atoms with Crippen molar-refractivity contribution >= 4 is 29.3 Å². The summed E-state index contributed by atoms with van der Waals surface area (Å²) in [5.74, 6) is -2.57. The first-order valence-electron chi connectivity index (χ1n) is 9.98. The number of esters is 1. The summed E-state index contributed by atoms with van der Waals surface area (Å²) in [7, 11) is 0. The van der Waals surface area contributed by atoms with E-state index in [9.17, 15) is 19.2 Å². The lowest BCUT2D eigenvalue weighted by atomic mass is 9.87. The van der Waals surface area contributed by atoms with Crippen LogP contribution in [-0.4, -0.2) is 36.2 Å². The molecule has 7 nitrogen and oxygen atoms in total. The fraction of sp³-hybridized carbons (Fsp3) is 0.304. The maximum atomic E-state index is 12.6. The zero-order valence-electron chi connectivity index (χ0n) is 16.6. The predicted molar refractivity (Wildman–Crippen MR) is 109 cm³/mol. The molecule has 0 radical (unpaired) electrons. The second-order valence-electron chi connectivity index (χ2n) is 7.52. The molecule has 2 aliphatic rings. The Morgan fingerprint density at radius 2 is 1.87 bits per heavy atom. The molecule has 0 spiro atoms. The summed E-state index contributed by atoms with van der Waals surface area (Å²) in [6, 6.07) is 14.3. The van der Waals surface area contributed by atoms with Crippen molar-refractivity contribution in [1.82, 2.24) is 5.32 Å². The number of para-hydroxylation sites is 1. The Bertz CT molecular complexity index is 1030. The third kappa shape index (κ3) is 3.70. The van der Waals surface area contributed by atoms with Crippen LogP contribution in [0.5, 0.6) is 0 Å². The number of aryl methyl sites for hydroxylation is 1. The van der Waals surface area contributed by atoms with Gasteiger partial charge in [-0.05, 0) is 49.4 Å². The molecule has 1 N–H and O–H groups in total. The molecule has 1 heterocycles. The van der Waals surface area contributed by atoms with Crippen molar-refractivity contribution in [2.75, 3.05) is 11.4 Å². The molecule has 154 valence electrons. The van der Waals surface area contributed by atoms with Gasteiger partial charge in [-0.15, -0.1) is 0 Å². The van der Waals surface area contributed by atoms with Gasteiger partial charge in [0, 0.05) is 0 Å². The summed E-state index contributed by atoms with van der Waals surface area (Å²) in [6.45, 7) is 1.07. The number of nitrogens with one attached hydrogen (secondary N) is 1. The highest BCUT2D eigenvalue weighted by Gasteiger charge is 2.37. The van der Waals surface area contributed by atoms with Crippen molar-refractivity contribution in [2.45, 2.75) is 38.3 Å². The Morgan fingerprint density at radius 1 is 1.13 bits per heavy atom. The number of carbonyl (C=O) groups excluding carboxylic acids is 4. The molecule has 0 unspecified atom stereocenters. The molecule has 7 heteroatoms. The minimum Gasteiger partial charge on any atom is -0.451 e. The number of amides is 2. The first kappa shape index (κ1) is 19.8. The number of hydrogen-bond acceptors (Lipinski definition) is 5. The number of nitrogens with zero attached hydrogens (tertiary/aromatic N) is 1. The van der Waals surface area contributed by atoms with Gasteiger partial charge in [-0.1, -0.05) is 36.4 Å². The van der Waals surface area contributed by atoms with Gasteiger partial charge in [-0.25, -0.2) is 0 Å². The summed E-state index contributed by atoms with van der Waals surface area (Å²) in [5, 5.41) is 2.95. The number of fused-ring (bicyclic) bond motifs is 2. The summed E-state index contributed by atoms with van der Waals surface area (Å²) in [5.41, 5.74) is 2.94. The molecular weight excluding hydrogens is 384 g/mol. The Balaban J connectivity index is 1.37. The summed E-state index contributed by atoms with van der Waals surface area (Å²) in [4.78, 5) is 50.2. The molecule has 0 saturated carbocycles. The van der Waals surface area contributed by atoms with E-state index >= 15 is 0 Å². The van der Waals surface area contributed by atoms with E-state index in [-0.39, 0.29) is 11.6 Å². The monoisotopic (exact) mass is 406 g/mol. The second kappa shape index (κ2) is 8.10.